The first kappa shape index (κ1) is 20.4. The van der Waals surface area contributed by atoms with Crippen molar-refractivity contribution in [3.05, 3.63) is 35.4 Å². The third kappa shape index (κ3) is 4.67. The van der Waals surface area contributed by atoms with Gasteiger partial charge in [-0.05, 0) is 24.0 Å². The number of nitrogens with one attached hydrogen (secondary N) is 1. The normalized spacial score (nSPS) is 19.6. The molecule has 2 rings (SSSR count). The maximum atomic E-state index is 12.8. The molecule has 0 spiro atoms. The zero-order valence-electron chi connectivity index (χ0n) is 14.2. The van der Waals surface area contributed by atoms with Crippen molar-refractivity contribution in [1.29, 1.82) is 0 Å². The molecule has 0 bridgehead atoms. The highest BCUT2D eigenvalue weighted by molar-refractivity contribution is 7.86. The van der Waals surface area contributed by atoms with Crippen molar-refractivity contribution in [2.24, 2.45) is 0 Å². The summed E-state index contributed by atoms with van der Waals surface area (Å²) in [6.07, 6.45) is 1.81. The van der Waals surface area contributed by atoms with Gasteiger partial charge in [-0.1, -0.05) is 38.1 Å². The number of nitrogens with zero attached hydrogens (tertiary/aromatic N) is 2. The van der Waals surface area contributed by atoms with E-state index in [4.69, 9.17) is 0 Å². The Bertz CT molecular complexity index is 577. The highest BCUT2D eigenvalue weighted by atomic mass is 35.5. The minimum atomic E-state index is -3.41. The molecule has 1 heterocycles. The van der Waals surface area contributed by atoms with E-state index in [2.05, 4.69) is 36.5 Å². The van der Waals surface area contributed by atoms with Crippen LogP contribution in [0.3, 0.4) is 0 Å². The average Bonchev–Trinajstić information content (AvgIpc) is 2.55. The summed E-state index contributed by atoms with van der Waals surface area (Å²) >= 11 is 0. The Balaban J connectivity index is 0.00000264. The van der Waals surface area contributed by atoms with Crippen molar-refractivity contribution >= 4 is 22.6 Å². The van der Waals surface area contributed by atoms with Crippen LogP contribution < -0.4 is 5.32 Å². The molecular formula is C16H28ClN3O2S. The van der Waals surface area contributed by atoms with E-state index in [1.807, 2.05) is 6.92 Å². The van der Waals surface area contributed by atoms with Gasteiger partial charge in [0.1, 0.15) is 0 Å². The molecule has 132 valence electrons. The summed E-state index contributed by atoms with van der Waals surface area (Å²) in [5.41, 5.74) is 2.32. The number of hydrogen-bond acceptors (Lipinski definition) is 3. The van der Waals surface area contributed by atoms with Gasteiger partial charge in [-0.25, -0.2) is 0 Å². The molecule has 1 N–H and O–H groups in total. The molecular weight excluding hydrogens is 334 g/mol. The van der Waals surface area contributed by atoms with Gasteiger partial charge in [-0.2, -0.15) is 17.0 Å². The second kappa shape index (κ2) is 8.99. The van der Waals surface area contributed by atoms with Crippen molar-refractivity contribution in [2.45, 2.75) is 32.7 Å². The highest BCUT2D eigenvalue weighted by Crippen LogP contribution is 2.26. The molecule has 1 aromatic carbocycles. The van der Waals surface area contributed by atoms with Gasteiger partial charge in [0.05, 0.1) is 6.04 Å². The molecule has 1 aliphatic rings. The van der Waals surface area contributed by atoms with Crippen molar-refractivity contribution in [1.82, 2.24) is 13.9 Å². The summed E-state index contributed by atoms with van der Waals surface area (Å²) in [4.78, 5) is 0. The Hall–Kier alpha value is -0.660. The lowest BCUT2D eigenvalue weighted by molar-refractivity contribution is 0.252. The van der Waals surface area contributed by atoms with Gasteiger partial charge in [0, 0.05) is 33.2 Å². The van der Waals surface area contributed by atoms with Crippen LogP contribution in [0.5, 0.6) is 0 Å². The van der Waals surface area contributed by atoms with E-state index in [0.717, 1.165) is 18.4 Å². The van der Waals surface area contributed by atoms with Crippen molar-refractivity contribution in [3.8, 4) is 0 Å². The van der Waals surface area contributed by atoms with Crippen molar-refractivity contribution < 1.29 is 8.42 Å². The molecule has 1 unspecified atom stereocenters. The number of piperazine rings is 1. The molecule has 0 radical (unpaired) electrons. The molecule has 0 aliphatic carbocycles. The first-order valence-electron chi connectivity index (χ1n) is 8.03. The van der Waals surface area contributed by atoms with E-state index in [1.165, 1.54) is 9.87 Å². The quantitative estimate of drug-likeness (QED) is 0.845. The standard InChI is InChI=1S/C16H27N3O2S.ClH/c1-4-11-18(3)22(20,21)19-12-10-17-13-16(19)15-8-6-14(5-2)7-9-15;/h6-9,16-17H,4-5,10-13H2,1-3H3;1H. The van der Waals surface area contributed by atoms with E-state index in [-0.39, 0.29) is 18.4 Å². The molecule has 1 atom stereocenters. The van der Waals surface area contributed by atoms with Crippen LogP contribution in [0.2, 0.25) is 0 Å². The molecule has 0 aromatic heterocycles. The number of aryl methyl sites for hydroxylation is 1. The zero-order chi connectivity index (χ0) is 16.2. The van der Waals surface area contributed by atoms with Crippen LogP contribution >= 0.6 is 12.4 Å². The van der Waals surface area contributed by atoms with E-state index in [9.17, 15) is 8.42 Å². The second-order valence-corrected chi connectivity index (χ2v) is 7.74. The third-order valence-electron chi connectivity index (χ3n) is 4.20. The Kier molecular flexibility index (Phi) is 7.97. The monoisotopic (exact) mass is 361 g/mol. The fourth-order valence-corrected chi connectivity index (χ4v) is 4.44. The summed E-state index contributed by atoms with van der Waals surface area (Å²) in [7, 11) is -1.75. The molecule has 1 fully saturated rings. The molecule has 23 heavy (non-hydrogen) atoms. The first-order chi connectivity index (χ1) is 10.5. The largest absolute Gasteiger partial charge is 0.313 e. The number of benzene rings is 1. The summed E-state index contributed by atoms with van der Waals surface area (Å²) in [5, 5.41) is 3.31. The van der Waals surface area contributed by atoms with Crippen LogP contribution in [0.15, 0.2) is 24.3 Å². The lowest BCUT2D eigenvalue weighted by Gasteiger charge is -2.37. The van der Waals surface area contributed by atoms with Gasteiger partial charge >= 0.3 is 0 Å². The number of hydrogen-bond donors (Lipinski definition) is 1. The van der Waals surface area contributed by atoms with Crippen LogP contribution in [0, 0.1) is 0 Å². The fourth-order valence-electron chi connectivity index (χ4n) is 2.83. The minimum absolute atomic E-state index is 0. The van der Waals surface area contributed by atoms with Crippen LogP contribution in [-0.2, 0) is 16.6 Å². The van der Waals surface area contributed by atoms with E-state index < -0.39 is 10.2 Å². The minimum Gasteiger partial charge on any atom is -0.313 e. The van der Waals surface area contributed by atoms with E-state index in [0.29, 0.717) is 26.2 Å². The fraction of sp³-hybridized carbons (Fsp3) is 0.625. The molecule has 5 nitrogen and oxygen atoms in total. The van der Waals surface area contributed by atoms with Crippen LogP contribution in [0.25, 0.3) is 0 Å². The van der Waals surface area contributed by atoms with Gasteiger partial charge in [0.2, 0.25) is 0 Å². The topological polar surface area (TPSA) is 52.7 Å². The van der Waals surface area contributed by atoms with Gasteiger partial charge in [0.15, 0.2) is 0 Å². The van der Waals surface area contributed by atoms with Crippen molar-refractivity contribution in [3.63, 3.8) is 0 Å². The molecule has 1 aromatic rings. The smallest absolute Gasteiger partial charge is 0.282 e. The lowest BCUT2D eigenvalue weighted by Crippen LogP contribution is -2.52. The zero-order valence-corrected chi connectivity index (χ0v) is 15.8. The highest BCUT2D eigenvalue weighted by Gasteiger charge is 2.35. The molecule has 1 aliphatic heterocycles. The average molecular weight is 362 g/mol. The lowest BCUT2D eigenvalue weighted by atomic mass is 10.0. The predicted octanol–water partition coefficient (Wildman–Crippen LogP) is 2.20. The molecule has 0 saturated carbocycles. The number of halogens is 1. The SMILES string of the molecule is CCCN(C)S(=O)(=O)N1CCNCC1c1ccc(CC)cc1.Cl. The van der Waals surface area contributed by atoms with Crippen LogP contribution in [0.1, 0.15) is 37.4 Å². The van der Waals surface area contributed by atoms with Gasteiger partial charge in [0.25, 0.3) is 10.2 Å². The molecule has 7 heteroatoms. The summed E-state index contributed by atoms with van der Waals surface area (Å²) in [6.45, 7) is 6.52. The van der Waals surface area contributed by atoms with Crippen LogP contribution in [-0.4, -0.2) is 50.3 Å². The first-order valence-corrected chi connectivity index (χ1v) is 9.43. The Morgan fingerprint density at radius 1 is 1.26 bits per heavy atom. The maximum absolute atomic E-state index is 12.8. The van der Waals surface area contributed by atoms with E-state index >= 15 is 0 Å². The predicted molar refractivity (Wildman–Crippen MR) is 97.2 cm³/mol. The van der Waals surface area contributed by atoms with E-state index in [1.54, 1.807) is 11.4 Å². The van der Waals surface area contributed by atoms with Gasteiger partial charge in [-0.3, -0.25) is 0 Å². The Morgan fingerprint density at radius 2 is 1.91 bits per heavy atom. The number of rotatable bonds is 6. The maximum Gasteiger partial charge on any atom is 0.282 e. The third-order valence-corrected chi connectivity index (χ3v) is 6.20. The summed E-state index contributed by atoms with van der Waals surface area (Å²) in [6, 6.07) is 8.15. The molecule has 0 amide bonds. The second-order valence-electron chi connectivity index (χ2n) is 5.76. The van der Waals surface area contributed by atoms with Crippen molar-refractivity contribution in [2.75, 3.05) is 33.2 Å². The molecule has 1 saturated heterocycles. The van der Waals surface area contributed by atoms with Gasteiger partial charge < -0.3 is 5.32 Å². The summed E-state index contributed by atoms with van der Waals surface area (Å²) < 4.78 is 28.7. The Morgan fingerprint density at radius 3 is 2.48 bits per heavy atom. The Labute approximate surface area is 146 Å². The van der Waals surface area contributed by atoms with Gasteiger partial charge in [-0.15, -0.1) is 12.4 Å². The summed E-state index contributed by atoms with van der Waals surface area (Å²) in [5.74, 6) is 0. The van der Waals surface area contributed by atoms with Crippen LogP contribution in [0.4, 0.5) is 0 Å².